The van der Waals surface area contributed by atoms with E-state index in [0.717, 1.165) is 31.0 Å². The van der Waals surface area contributed by atoms with Crippen LogP contribution in [0.15, 0.2) is 43.0 Å². The van der Waals surface area contributed by atoms with Crippen molar-refractivity contribution in [1.29, 1.82) is 0 Å². The number of carbonyl (C=O) groups excluding carboxylic acids is 1. The van der Waals surface area contributed by atoms with Crippen LogP contribution in [0.3, 0.4) is 0 Å². The molecular weight excluding hydrogens is 491 g/mol. The number of hydrogen-bond acceptors (Lipinski definition) is 8. The van der Waals surface area contributed by atoms with Crippen LogP contribution in [0.1, 0.15) is 50.0 Å². The summed E-state index contributed by atoms with van der Waals surface area (Å²) in [5.41, 5.74) is 2.37. The third-order valence-electron chi connectivity index (χ3n) is 7.06. The summed E-state index contributed by atoms with van der Waals surface area (Å²) in [5.74, 6) is 0.655. The molecule has 12 nitrogen and oxygen atoms in total. The molecule has 3 atom stereocenters. The second-order valence-electron chi connectivity index (χ2n) is 10.3. The first-order valence-electron chi connectivity index (χ1n) is 12.9. The highest BCUT2D eigenvalue weighted by Gasteiger charge is 2.41. The molecule has 1 saturated carbocycles. The van der Waals surface area contributed by atoms with Crippen LogP contribution in [0, 0.1) is 0 Å². The zero-order valence-corrected chi connectivity index (χ0v) is 21.3. The number of anilines is 2. The molecule has 0 unspecified atom stereocenters. The molecule has 1 saturated heterocycles. The van der Waals surface area contributed by atoms with E-state index in [-0.39, 0.29) is 6.04 Å². The lowest BCUT2D eigenvalue weighted by atomic mass is 10.0. The van der Waals surface area contributed by atoms with Gasteiger partial charge in [-0.15, -0.1) is 0 Å². The first kappa shape index (κ1) is 24.3. The smallest absolute Gasteiger partial charge is 0.407 e. The van der Waals surface area contributed by atoms with E-state index < -0.39 is 24.3 Å². The zero-order valence-electron chi connectivity index (χ0n) is 21.3. The van der Waals surface area contributed by atoms with Crippen LogP contribution in [-0.4, -0.2) is 76.7 Å². The van der Waals surface area contributed by atoms with Gasteiger partial charge in [0.25, 0.3) is 0 Å². The number of fused-ring (bicyclic) bond motifs is 1. The summed E-state index contributed by atoms with van der Waals surface area (Å²) in [6.45, 7) is 6.26. The summed E-state index contributed by atoms with van der Waals surface area (Å²) in [6, 6.07) is 5.91. The molecule has 2 aliphatic rings. The minimum absolute atomic E-state index is 0.0700. The molecule has 13 heteroatoms. The van der Waals surface area contributed by atoms with Gasteiger partial charge in [0.05, 0.1) is 11.7 Å². The lowest BCUT2D eigenvalue weighted by Crippen LogP contribution is -2.47. The number of alkyl halides is 1. The molecule has 0 aromatic carbocycles. The zero-order chi connectivity index (χ0) is 26.2. The van der Waals surface area contributed by atoms with Crippen molar-refractivity contribution in [1.82, 2.24) is 44.6 Å². The van der Waals surface area contributed by atoms with Gasteiger partial charge in [-0.05, 0) is 38.8 Å². The third kappa shape index (κ3) is 4.93. The Labute approximate surface area is 218 Å². The summed E-state index contributed by atoms with van der Waals surface area (Å²) in [5, 5.41) is 17.4. The Hall–Kier alpha value is -4.00. The van der Waals surface area contributed by atoms with Crippen molar-refractivity contribution in [3.8, 4) is 0 Å². The highest BCUT2D eigenvalue weighted by molar-refractivity contribution is 5.67. The van der Waals surface area contributed by atoms with Crippen molar-refractivity contribution in [2.45, 2.75) is 63.5 Å². The predicted molar refractivity (Wildman–Crippen MR) is 137 cm³/mol. The summed E-state index contributed by atoms with van der Waals surface area (Å²) < 4.78 is 24.3. The number of nitrogens with one attached hydrogen (secondary N) is 3. The number of ether oxygens (including phenoxy) is 1. The molecule has 4 aromatic heterocycles. The number of rotatable bonds is 8. The number of carbonyl (C=O) groups is 1. The number of nitrogens with zero attached hydrogens (tertiary/aromatic N) is 7. The largest absolute Gasteiger partial charge is 0.443 e. The third-order valence-corrected chi connectivity index (χ3v) is 7.06. The van der Waals surface area contributed by atoms with Gasteiger partial charge in [0, 0.05) is 68.1 Å². The average molecular weight is 523 g/mol. The summed E-state index contributed by atoms with van der Waals surface area (Å²) >= 11 is 0. The molecule has 0 spiro atoms. The van der Waals surface area contributed by atoms with Crippen molar-refractivity contribution in [2.24, 2.45) is 0 Å². The SMILES string of the molecule is CC(C)NC(=O)O[C@H]1CC[C@@H](c2cc(Nc3nccc4nc(CN5CC(n6cccn6)C5)cn34)n[nH]2)[C@H]1F. The number of H-pyrrole nitrogens is 1. The van der Waals surface area contributed by atoms with E-state index in [1.165, 1.54) is 0 Å². The van der Waals surface area contributed by atoms with Crippen LogP contribution in [0.25, 0.3) is 5.65 Å². The van der Waals surface area contributed by atoms with E-state index in [2.05, 4.69) is 35.8 Å². The molecule has 1 aliphatic heterocycles. The Bertz CT molecular complexity index is 1390. The van der Waals surface area contributed by atoms with Gasteiger partial charge in [0.15, 0.2) is 5.82 Å². The van der Waals surface area contributed by atoms with E-state index in [1.807, 2.05) is 47.5 Å². The number of halogens is 1. The van der Waals surface area contributed by atoms with E-state index in [9.17, 15) is 4.79 Å². The number of imidazole rings is 1. The van der Waals surface area contributed by atoms with Crippen molar-refractivity contribution in [3.63, 3.8) is 0 Å². The molecule has 0 bridgehead atoms. The Kier molecular flexibility index (Phi) is 6.44. The van der Waals surface area contributed by atoms with Crippen LogP contribution >= 0.6 is 0 Å². The Morgan fingerprint density at radius 1 is 1.29 bits per heavy atom. The Morgan fingerprint density at radius 2 is 2.16 bits per heavy atom. The molecule has 5 heterocycles. The fraction of sp³-hybridized carbons (Fsp3) is 0.480. The van der Waals surface area contributed by atoms with Crippen LogP contribution in [-0.2, 0) is 11.3 Å². The molecule has 4 aromatic rings. The monoisotopic (exact) mass is 522 g/mol. The highest BCUT2D eigenvalue weighted by Crippen LogP contribution is 2.38. The normalized spacial score (nSPS) is 22.2. The molecule has 1 amide bonds. The summed E-state index contributed by atoms with van der Waals surface area (Å²) in [7, 11) is 0. The van der Waals surface area contributed by atoms with Crippen molar-refractivity contribution in [2.75, 3.05) is 18.4 Å². The van der Waals surface area contributed by atoms with Crippen LogP contribution in [0.2, 0.25) is 0 Å². The minimum atomic E-state index is -1.31. The molecular formula is C25H31FN10O2. The number of likely N-dealkylation sites (tertiary alicyclic amines) is 1. The number of aromatic nitrogens is 7. The lowest BCUT2D eigenvalue weighted by Gasteiger charge is -2.38. The van der Waals surface area contributed by atoms with Gasteiger partial charge >= 0.3 is 6.09 Å². The van der Waals surface area contributed by atoms with Crippen LogP contribution in [0.5, 0.6) is 0 Å². The molecule has 2 fully saturated rings. The van der Waals surface area contributed by atoms with Gasteiger partial charge in [0.2, 0.25) is 5.95 Å². The Balaban J connectivity index is 1.09. The van der Waals surface area contributed by atoms with Gasteiger partial charge in [0.1, 0.15) is 17.9 Å². The lowest BCUT2D eigenvalue weighted by molar-refractivity contribution is 0.0555. The molecule has 3 N–H and O–H groups in total. The van der Waals surface area contributed by atoms with E-state index >= 15 is 4.39 Å². The van der Waals surface area contributed by atoms with Gasteiger partial charge in [-0.25, -0.2) is 19.2 Å². The quantitative estimate of drug-likeness (QED) is 0.322. The maximum Gasteiger partial charge on any atom is 0.407 e. The molecule has 1 aliphatic carbocycles. The highest BCUT2D eigenvalue weighted by atomic mass is 19.1. The summed E-state index contributed by atoms with van der Waals surface area (Å²) in [4.78, 5) is 23.4. The molecule has 38 heavy (non-hydrogen) atoms. The van der Waals surface area contributed by atoms with Gasteiger partial charge in [-0.2, -0.15) is 10.2 Å². The van der Waals surface area contributed by atoms with E-state index in [0.29, 0.717) is 36.3 Å². The summed E-state index contributed by atoms with van der Waals surface area (Å²) in [6.07, 6.45) is 5.79. The fourth-order valence-electron chi connectivity index (χ4n) is 5.19. The van der Waals surface area contributed by atoms with Gasteiger partial charge in [-0.3, -0.25) is 19.1 Å². The molecule has 200 valence electrons. The average Bonchev–Trinajstić information content (AvgIpc) is 3.64. The van der Waals surface area contributed by atoms with E-state index in [1.54, 1.807) is 18.5 Å². The topological polar surface area (TPSA) is 130 Å². The van der Waals surface area contributed by atoms with Gasteiger partial charge < -0.3 is 15.4 Å². The predicted octanol–water partition coefficient (Wildman–Crippen LogP) is 3.17. The van der Waals surface area contributed by atoms with Crippen molar-refractivity contribution < 1.29 is 13.9 Å². The van der Waals surface area contributed by atoms with Crippen molar-refractivity contribution >= 4 is 23.5 Å². The fourth-order valence-corrected chi connectivity index (χ4v) is 5.19. The van der Waals surface area contributed by atoms with Crippen molar-refractivity contribution in [3.05, 3.63) is 54.4 Å². The number of hydrogen-bond donors (Lipinski definition) is 3. The minimum Gasteiger partial charge on any atom is -0.443 e. The van der Waals surface area contributed by atoms with Crippen LogP contribution in [0.4, 0.5) is 21.0 Å². The maximum absolute atomic E-state index is 15.1. The number of alkyl carbamates (subject to hydrolysis) is 1. The van der Waals surface area contributed by atoms with E-state index in [4.69, 9.17) is 9.72 Å². The molecule has 6 rings (SSSR count). The number of amides is 1. The maximum atomic E-state index is 15.1. The van der Waals surface area contributed by atoms with Crippen LogP contribution < -0.4 is 10.6 Å². The number of aromatic amines is 1. The second-order valence-corrected chi connectivity index (χ2v) is 10.3. The molecule has 0 radical (unpaired) electrons. The standard InChI is InChI=1S/C25H31FN10O2/c1-15(2)29-25(37)38-20-5-4-18(23(20)26)19-10-21(33-32-19)31-24-27-8-6-22-30-16(12-35(22)24)11-34-13-17(14-34)36-9-3-7-28-36/h3,6-10,12,15,17-18,20,23H,4-5,11,13-14H2,1-2H3,(H,29,37)(H2,27,31,32,33)/t18-,20-,23+/m0/s1. The Morgan fingerprint density at radius 3 is 2.95 bits per heavy atom. The van der Waals surface area contributed by atoms with Gasteiger partial charge in [-0.1, -0.05) is 0 Å². The first-order valence-corrected chi connectivity index (χ1v) is 12.9. The first-order chi connectivity index (χ1) is 18.4. The second kappa shape index (κ2) is 10.0.